The first-order valence-corrected chi connectivity index (χ1v) is 7.76. The van der Waals surface area contributed by atoms with Crippen LogP contribution < -0.4 is 4.90 Å². The van der Waals surface area contributed by atoms with Gasteiger partial charge in [0.2, 0.25) is 0 Å². The Labute approximate surface area is 130 Å². The lowest BCUT2D eigenvalue weighted by molar-refractivity contribution is 0.103. The summed E-state index contributed by atoms with van der Waals surface area (Å²) in [5.74, 6) is -0.711. The predicted octanol–water partition coefficient (Wildman–Crippen LogP) is 4.22. The van der Waals surface area contributed by atoms with Crippen molar-refractivity contribution < 1.29 is 9.18 Å². The molecule has 0 aliphatic carbocycles. The molecule has 2 aromatic carbocycles. The molecule has 22 heavy (non-hydrogen) atoms. The molecule has 0 amide bonds. The molecule has 1 aliphatic rings. The smallest absolute Gasteiger partial charge is 0.195 e. The van der Waals surface area contributed by atoms with Crippen molar-refractivity contribution in [3.63, 3.8) is 0 Å². The van der Waals surface area contributed by atoms with Gasteiger partial charge in [-0.1, -0.05) is 12.1 Å². The first-order valence-electron chi connectivity index (χ1n) is 7.76. The van der Waals surface area contributed by atoms with Crippen LogP contribution in [0.1, 0.15) is 41.8 Å². The van der Waals surface area contributed by atoms with Gasteiger partial charge in [0.15, 0.2) is 5.78 Å². The van der Waals surface area contributed by atoms with Crippen LogP contribution in [0, 0.1) is 5.82 Å². The normalized spacial score (nSPS) is 14.1. The van der Waals surface area contributed by atoms with Gasteiger partial charge in [-0.25, -0.2) is 4.39 Å². The fourth-order valence-corrected chi connectivity index (χ4v) is 3.10. The highest BCUT2D eigenvalue weighted by atomic mass is 19.1. The lowest BCUT2D eigenvalue weighted by Gasteiger charge is -2.34. The molecule has 0 bridgehead atoms. The van der Waals surface area contributed by atoms with E-state index in [0.29, 0.717) is 11.6 Å². The van der Waals surface area contributed by atoms with Crippen molar-refractivity contribution in [1.29, 1.82) is 0 Å². The fraction of sp³-hybridized carbons (Fsp3) is 0.316. The van der Waals surface area contributed by atoms with Crippen LogP contribution in [-0.4, -0.2) is 18.4 Å². The van der Waals surface area contributed by atoms with E-state index in [9.17, 15) is 9.18 Å². The molecule has 3 heteroatoms. The summed E-state index contributed by atoms with van der Waals surface area (Å²) in [5.41, 5.74) is 3.09. The number of aryl methyl sites for hydroxylation is 1. The second kappa shape index (κ2) is 5.91. The van der Waals surface area contributed by atoms with E-state index >= 15 is 0 Å². The van der Waals surface area contributed by atoms with Crippen molar-refractivity contribution in [2.75, 3.05) is 11.4 Å². The molecule has 0 unspecified atom stereocenters. The van der Waals surface area contributed by atoms with Gasteiger partial charge in [-0.05, 0) is 62.6 Å². The van der Waals surface area contributed by atoms with E-state index in [2.05, 4.69) is 18.7 Å². The summed E-state index contributed by atoms with van der Waals surface area (Å²) in [6.45, 7) is 5.40. The van der Waals surface area contributed by atoms with Gasteiger partial charge < -0.3 is 4.90 Å². The molecule has 0 atom stereocenters. The van der Waals surface area contributed by atoms with Gasteiger partial charge in [0.05, 0.1) is 5.56 Å². The number of hydrogen-bond donors (Lipinski definition) is 0. The first-order chi connectivity index (χ1) is 10.6. The minimum atomic E-state index is -0.464. The standard InChI is InChI=1S/C19H20FNO/c1-13(2)21-11-5-6-14-12-15(9-10-18(14)21)19(22)16-7-3-4-8-17(16)20/h3-4,7-10,12-13H,5-6,11H2,1-2H3. The summed E-state index contributed by atoms with van der Waals surface area (Å²) >= 11 is 0. The zero-order valence-corrected chi connectivity index (χ0v) is 13.0. The third-order valence-electron chi connectivity index (χ3n) is 4.24. The second-order valence-corrected chi connectivity index (χ2v) is 6.04. The van der Waals surface area contributed by atoms with Crippen molar-refractivity contribution in [3.8, 4) is 0 Å². The molecule has 0 spiro atoms. The van der Waals surface area contributed by atoms with Crippen molar-refractivity contribution in [1.82, 2.24) is 0 Å². The van der Waals surface area contributed by atoms with Crippen LogP contribution in [0.5, 0.6) is 0 Å². The van der Waals surface area contributed by atoms with Gasteiger partial charge in [-0.2, -0.15) is 0 Å². The number of carbonyl (C=O) groups is 1. The Hall–Kier alpha value is -2.16. The topological polar surface area (TPSA) is 20.3 Å². The highest BCUT2D eigenvalue weighted by molar-refractivity contribution is 6.09. The van der Waals surface area contributed by atoms with Gasteiger partial charge in [0, 0.05) is 23.8 Å². The van der Waals surface area contributed by atoms with Gasteiger partial charge in [-0.3, -0.25) is 4.79 Å². The molecular formula is C19H20FNO. The lowest BCUT2D eigenvalue weighted by atomic mass is 9.95. The number of benzene rings is 2. The highest BCUT2D eigenvalue weighted by Gasteiger charge is 2.21. The summed E-state index contributed by atoms with van der Waals surface area (Å²) in [6, 6.07) is 12.3. The van der Waals surface area contributed by atoms with E-state index in [-0.39, 0.29) is 11.3 Å². The van der Waals surface area contributed by atoms with E-state index in [1.165, 1.54) is 23.4 Å². The zero-order valence-electron chi connectivity index (χ0n) is 13.0. The predicted molar refractivity (Wildman–Crippen MR) is 87.1 cm³/mol. The molecule has 1 heterocycles. The molecule has 0 radical (unpaired) electrons. The minimum Gasteiger partial charge on any atom is -0.369 e. The maximum atomic E-state index is 13.8. The van der Waals surface area contributed by atoms with E-state index in [1.54, 1.807) is 12.1 Å². The Morgan fingerprint density at radius 1 is 1.18 bits per heavy atom. The van der Waals surface area contributed by atoms with Gasteiger partial charge in [0.1, 0.15) is 5.82 Å². The quantitative estimate of drug-likeness (QED) is 0.791. The summed E-state index contributed by atoms with van der Waals surface area (Å²) in [4.78, 5) is 14.9. The molecule has 0 aromatic heterocycles. The number of anilines is 1. The average molecular weight is 297 g/mol. The van der Waals surface area contributed by atoms with Crippen molar-refractivity contribution in [3.05, 3.63) is 65.0 Å². The van der Waals surface area contributed by atoms with E-state index in [0.717, 1.165) is 19.4 Å². The Morgan fingerprint density at radius 3 is 2.68 bits per heavy atom. The monoisotopic (exact) mass is 297 g/mol. The summed E-state index contributed by atoms with van der Waals surface area (Å²) in [6.07, 6.45) is 2.06. The first kappa shape index (κ1) is 14.8. The largest absolute Gasteiger partial charge is 0.369 e. The van der Waals surface area contributed by atoms with Gasteiger partial charge >= 0.3 is 0 Å². The summed E-state index contributed by atoms with van der Waals surface area (Å²) in [5, 5.41) is 0. The van der Waals surface area contributed by atoms with Crippen LogP contribution >= 0.6 is 0 Å². The third-order valence-corrected chi connectivity index (χ3v) is 4.24. The number of fused-ring (bicyclic) bond motifs is 1. The Bertz CT molecular complexity index is 708. The van der Waals surface area contributed by atoms with Crippen molar-refractivity contribution in [2.24, 2.45) is 0 Å². The lowest BCUT2D eigenvalue weighted by Crippen LogP contribution is -2.35. The number of halogens is 1. The van der Waals surface area contributed by atoms with Crippen LogP contribution in [0.3, 0.4) is 0 Å². The molecule has 0 fully saturated rings. The van der Waals surface area contributed by atoms with Gasteiger partial charge in [0.25, 0.3) is 0 Å². The highest BCUT2D eigenvalue weighted by Crippen LogP contribution is 2.30. The molecular weight excluding hydrogens is 277 g/mol. The molecule has 0 saturated carbocycles. The molecule has 2 aromatic rings. The van der Waals surface area contributed by atoms with E-state index in [4.69, 9.17) is 0 Å². The number of hydrogen-bond acceptors (Lipinski definition) is 2. The molecule has 0 N–H and O–H groups in total. The summed E-state index contributed by atoms with van der Waals surface area (Å²) < 4.78 is 13.8. The zero-order chi connectivity index (χ0) is 15.7. The van der Waals surface area contributed by atoms with Crippen LogP contribution in [0.15, 0.2) is 42.5 Å². The van der Waals surface area contributed by atoms with Gasteiger partial charge in [-0.15, -0.1) is 0 Å². The Balaban J connectivity index is 1.97. The number of carbonyl (C=O) groups excluding carboxylic acids is 1. The van der Waals surface area contributed by atoms with E-state index in [1.807, 2.05) is 18.2 Å². The average Bonchev–Trinajstić information content (AvgIpc) is 2.53. The van der Waals surface area contributed by atoms with Crippen molar-refractivity contribution in [2.45, 2.75) is 32.7 Å². The SMILES string of the molecule is CC(C)N1CCCc2cc(C(=O)c3ccccc3F)ccc21. The van der Waals surface area contributed by atoms with Crippen LogP contribution in [0.2, 0.25) is 0 Å². The fourth-order valence-electron chi connectivity index (χ4n) is 3.10. The van der Waals surface area contributed by atoms with Crippen LogP contribution in [0.4, 0.5) is 10.1 Å². The van der Waals surface area contributed by atoms with E-state index < -0.39 is 5.82 Å². The molecule has 1 aliphatic heterocycles. The Morgan fingerprint density at radius 2 is 1.95 bits per heavy atom. The number of nitrogens with zero attached hydrogens (tertiary/aromatic N) is 1. The second-order valence-electron chi connectivity index (χ2n) is 6.04. The number of ketones is 1. The van der Waals surface area contributed by atoms with Crippen LogP contribution in [-0.2, 0) is 6.42 Å². The van der Waals surface area contributed by atoms with Crippen LogP contribution in [0.25, 0.3) is 0 Å². The molecule has 3 rings (SSSR count). The molecule has 2 nitrogen and oxygen atoms in total. The Kier molecular flexibility index (Phi) is 3.97. The summed E-state index contributed by atoms with van der Waals surface area (Å²) in [7, 11) is 0. The third kappa shape index (κ3) is 2.63. The number of rotatable bonds is 3. The molecule has 114 valence electrons. The van der Waals surface area contributed by atoms with Crippen molar-refractivity contribution >= 4 is 11.5 Å². The maximum absolute atomic E-state index is 13.8. The maximum Gasteiger partial charge on any atom is 0.195 e. The minimum absolute atomic E-state index is 0.138. The molecule has 0 saturated heterocycles.